The summed E-state index contributed by atoms with van der Waals surface area (Å²) in [4.78, 5) is 1.14. The van der Waals surface area contributed by atoms with E-state index in [2.05, 4.69) is 10.2 Å². The van der Waals surface area contributed by atoms with Gasteiger partial charge in [0.2, 0.25) is 0 Å². The fourth-order valence-electron chi connectivity index (χ4n) is 2.01. The molecule has 0 bridgehead atoms. The average molecular weight is 274 g/mol. The SMILES string of the molecule is CSc1c(C)nnc(-c2ccc(B(O)O)cc2)c1C. The minimum atomic E-state index is -1.44. The number of aryl methyl sites for hydroxylation is 1. The van der Waals surface area contributed by atoms with E-state index in [1.165, 1.54) is 0 Å². The van der Waals surface area contributed by atoms with Crippen molar-refractivity contribution in [2.75, 3.05) is 6.26 Å². The van der Waals surface area contributed by atoms with Gasteiger partial charge in [0.25, 0.3) is 0 Å². The minimum absolute atomic E-state index is 0.464. The van der Waals surface area contributed by atoms with Crippen molar-refractivity contribution < 1.29 is 10.0 Å². The van der Waals surface area contributed by atoms with Crippen LogP contribution in [0.4, 0.5) is 0 Å². The van der Waals surface area contributed by atoms with Gasteiger partial charge in [-0.2, -0.15) is 5.10 Å². The first-order valence-corrected chi connectivity index (χ1v) is 7.11. The molecule has 0 aliphatic rings. The summed E-state index contributed by atoms with van der Waals surface area (Å²) in [7, 11) is -1.44. The molecule has 0 radical (unpaired) electrons. The zero-order chi connectivity index (χ0) is 14.0. The van der Waals surface area contributed by atoms with Gasteiger partial charge in [0.15, 0.2) is 0 Å². The Morgan fingerprint density at radius 2 is 1.68 bits per heavy atom. The van der Waals surface area contributed by atoms with E-state index in [1.807, 2.05) is 32.2 Å². The lowest BCUT2D eigenvalue weighted by Crippen LogP contribution is -2.29. The van der Waals surface area contributed by atoms with E-state index in [0.717, 1.165) is 27.4 Å². The highest BCUT2D eigenvalue weighted by molar-refractivity contribution is 7.98. The molecule has 98 valence electrons. The third-order valence-electron chi connectivity index (χ3n) is 3.01. The van der Waals surface area contributed by atoms with E-state index in [9.17, 15) is 0 Å². The van der Waals surface area contributed by atoms with Gasteiger partial charge in [-0.15, -0.1) is 16.9 Å². The van der Waals surface area contributed by atoms with Gasteiger partial charge in [-0.05, 0) is 31.1 Å². The monoisotopic (exact) mass is 274 g/mol. The number of hydrogen-bond donors (Lipinski definition) is 2. The highest BCUT2D eigenvalue weighted by Gasteiger charge is 2.14. The zero-order valence-corrected chi connectivity index (χ0v) is 11.9. The highest BCUT2D eigenvalue weighted by atomic mass is 32.2. The predicted octanol–water partition coefficient (Wildman–Crippen LogP) is 1.16. The molecule has 0 amide bonds. The molecule has 0 spiro atoms. The lowest BCUT2D eigenvalue weighted by atomic mass is 9.80. The fourth-order valence-corrected chi connectivity index (χ4v) is 2.75. The van der Waals surface area contributed by atoms with Crippen LogP contribution >= 0.6 is 11.8 Å². The van der Waals surface area contributed by atoms with Crippen molar-refractivity contribution in [3.05, 3.63) is 35.5 Å². The predicted molar refractivity (Wildman–Crippen MR) is 78.5 cm³/mol. The van der Waals surface area contributed by atoms with Crippen molar-refractivity contribution in [2.45, 2.75) is 18.7 Å². The minimum Gasteiger partial charge on any atom is -0.423 e. The van der Waals surface area contributed by atoms with E-state index in [4.69, 9.17) is 10.0 Å². The average Bonchev–Trinajstić information content (AvgIpc) is 2.39. The van der Waals surface area contributed by atoms with E-state index < -0.39 is 7.12 Å². The molecule has 0 aliphatic carbocycles. The first kappa shape index (κ1) is 14.1. The van der Waals surface area contributed by atoms with Gasteiger partial charge < -0.3 is 10.0 Å². The Morgan fingerprint density at radius 1 is 1.05 bits per heavy atom. The van der Waals surface area contributed by atoms with E-state index in [-0.39, 0.29) is 0 Å². The molecule has 19 heavy (non-hydrogen) atoms. The van der Waals surface area contributed by atoms with Crippen LogP contribution in [-0.4, -0.2) is 33.6 Å². The van der Waals surface area contributed by atoms with Gasteiger partial charge in [-0.3, -0.25) is 0 Å². The van der Waals surface area contributed by atoms with Gasteiger partial charge in [-0.25, -0.2) is 0 Å². The van der Waals surface area contributed by atoms with Crippen LogP contribution < -0.4 is 5.46 Å². The largest absolute Gasteiger partial charge is 0.488 e. The Bertz CT molecular complexity index is 588. The van der Waals surface area contributed by atoms with Crippen molar-refractivity contribution in [1.82, 2.24) is 10.2 Å². The van der Waals surface area contributed by atoms with Crippen molar-refractivity contribution >= 4 is 24.3 Å². The molecule has 6 heteroatoms. The van der Waals surface area contributed by atoms with Crippen LogP contribution in [0.25, 0.3) is 11.3 Å². The number of aromatic nitrogens is 2. The van der Waals surface area contributed by atoms with E-state index >= 15 is 0 Å². The summed E-state index contributed by atoms with van der Waals surface area (Å²) < 4.78 is 0. The van der Waals surface area contributed by atoms with E-state index in [1.54, 1.807) is 23.9 Å². The van der Waals surface area contributed by atoms with Gasteiger partial charge in [0.1, 0.15) is 0 Å². The first-order chi connectivity index (χ1) is 9.04. The number of thioether (sulfide) groups is 1. The molecule has 2 rings (SSSR count). The van der Waals surface area contributed by atoms with E-state index in [0.29, 0.717) is 5.46 Å². The molecule has 4 nitrogen and oxygen atoms in total. The highest BCUT2D eigenvalue weighted by Crippen LogP contribution is 2.29. The second kappa shape index (κ2) is 5.73. The number of hydrogen-bond acceptors (Lipinski definition) is 5. The smallest absolute Gasteiger partial charge is 0.423 e. The van der Waals surface area contributed by atoms with Crippen LogP contribution in [0.5, 0.6) is 0 Å². The summed E-state index contributed by atoms with van der Waals surface area (Å²) in [6.07, 6.45) is 2.02. The summed E-state index contributed by atoms with van der Waals surface area (Å²) in [5, 5.41) is 26.6. The fraction of sp³-hybridized carbons (Fsp3) is 0.231. The Balaban J connectivity index is 2.47. The Labute approximate surface area is 117 Å². The summed E-state index contributed by atoms with van der Waals surface area (Å²) in [6, 6.07) is 7.01. The normalized spacial score (nSPS) is 10.6. The van der Waals surface area contributed by atoms with Crippen LogP contribution in [0.3, 0.4) is 0 Å². The van der Waals surface area contributed by atoms with Crippen molar-refractivity contribution in [1.29, 1.82) is 0 Å². The molecule has 0 saturated carbocycles. The Kier molecular flexibility index (Phi) is 4.24. The third kappa shape index (κ3) is 2.81. The Hall–Kier alpha value is -1.37. The summed E-state index contributed by atoms with van der Waals surface area (Å²) in [5.41, 5.74) is 4.23. The maximum atomic E-state index is 9.08. The van der Waals surface area contributed by atoms with Crippen LogP contribution in [0.1, 0.15) is 11.3 Å². The van der Waals surface area contributed by atoms with Gasteiger partial charge in [0.05, 0.1) is 11.4 Å². The topological polar surface area (TPSA) is 66.2 Å². The standard InChI is InChI=1S/C13H15BN2O2S/c1-8-12(16-15-9(2)13(8)19-3)10-4-6-11(7-5-10)14(17)18/h4-7,17-18H,1-3H3. The molecule has 2 aromatic rings. The van der Waals surface area contributed by atoms with Crippen molar-refractivity contribution in [3.8, 4) is 11.3 Å². The van der Waals surface area contributed by atoms with Crippen molar-refractivity contribution in [2.24, 2.45) is 0 Å². The molecular weight excluding hydrogens is 259 g/mol. The second-order valence-electron chi connectivity index (χ2n) is 4.29. The lowest BCUT2D eigenvalue weighted by molar-refractivity contribution is 0.426. The van der Waals surface area contributed by atoms with Crippen LogP contribution in [0.2, 0.25) is 0 Å². The van der Waals surface area contributed by atoms with Crippen molar-refractivity contribution in [3.63, 3.8) is 0 Å². The van der Waals surface area contributed by atoms with Gasteiger partial charge in [0, 0.05) is 10.5 Å². The summed E-state index contributed by atoms with van der Waals surface area (Å²) in [5.74, 6) is 0. The first-order valence-electron chi connectivity index (χ1n) is 5.89. The summed E-state index contributed by atoms with van der Waals surface area (Å²) >= 11 is 1.66. The van der Waals surface area contributed by atoms with Crippen LogP contribution in [-0.2, 0) is 0 Å². The van der Waals surface area contributed by atoms with Gasteiger partial charge in [-0.1, -0.05) is 24.3 Å². The quantitative estimate of drug-likeness (QED) is 0.649. The number of nitrogens with zero attached hydrogens (tertiary/aromatic N) is 2. The zero-order valence-electron chi connectivity index (χ0n) is 11.1. The van der Waals surface area contributed by atoms with Gasteiger partial charge >= 0.3 is 7.12 Å². The second-order valence-corrected chi connectivity index (χ2v) is 5.10. The maximum absolute atomic E-state index is 9.08. The maximum Gasteiger partial charge on any atom is 0.488 e. The molecule has 1 heterocycles. The molecule has 1 aromatic carbocycles. The molecule has 0 atom stereocenters. The molecule has 0 aliphatic heterocycles. The third-order valence-corrected chi connectivity index (χ3v) is 4.02. The molecular formula is C13H15BN2O2S. The molecule has 0 saturated heterocycles. The summed E-state index contributed by atoms with van der Waals surface area (Å²) in [6.45, 7) is 3.97. The van der Waals surface area contributed by atoms with Crippen LogP contribution in [0.15, 0.2) is 29.2 Å². The molecule has 0 unspecified atom stereocenters. The van der Waals surface area contributed by atoms with Crippen LogP contribution in [0, 0.1) is 13.8 Å². The number of benzene rings is 1. The Morgan fingerprint density at radius 3 is 2.21 bits per heavy atom. The molecule has 2 N–H and O–H groups in total. The molecule has 0 fully saturated rings. The lowest BCUT2D eigenvalue weighted by Gasteiger charge is -2.10. The number of rotatable bonds is 3. The molecule has 1 aromatic heterocycles.